The summed E-state index contributed by atoms with van der Waals surface area (Å²) < 4.78 is 11.1. The van der Waals surface area contributed by atoms with Crippen LogP contribution < -0.4 is 0 Å². The number of rotatable bonds is 5. The van der Waals surface area contributed by atoms with Crippen LogP contribution in [0, 0.1) is 5.41 Å². The van der Waals surface area contributed by atoms with Gasteiger partial charge in [-0.05, 0) is 35.1 Å². The summed E-state index contributed by atoms with van der Waals surface area (Å²) in [7, 11) is 1.57. The largest absolute Gasteiger partial charge is 0.481 e. The highest BCUT2D eigenvalue weighted by molar-refractivity contribution is 5.82. The van der Waals surface area contributed by atoms with E-state index < -0.39 is 23.0 Å². The first-order valence-electron chi connectivity index (χ1n) is 9.85. The van der Waals surface area contributed by atoms with Gasteiger partial charge in [0.15, 0.2) is 0 Å². The maximum Gasteiger partial charge on any atom is 0.410 e. The molecule has 150 valence electrons. The topological polar surface area (TPSA) is 76.1 Å². The zero-order valence-electron chi connectivity index (χ0n) is 16.3. The molecule has 6 heteroatoms. The summed E-state index contributed by atoms with van der Waals surface area (Å²) >= 11 is 0. The lowest BCUT2D eigenvalue weighted by Crippen LogP contribution is -2.56. The summed E-state index contributed by atoms with van der Waals surface area (Å²) in [5.74, 6) is -0.867. The Morgan fingerprint density at radius 2 is 1.66 bits per heavy atom. The third kappa shape index (κ3) is 2.52. The number of ether oxygens (including phenoxy) is 2. The average Bonchev–Trinajstić information content (AvgIpc) is 3.31. The van der Waals surface area contributed by atoms with Gasteiger partial charge in [0.1, 0.15) is 6.61 Å². The van der Waals surface area contributed by atoms with Crippen LogP contribution in [0.15, 0.2) is 48.5 Å². The van der Waals surface area contributed by atoms with E-state index in [1.54, 1.807) is 12.0 Å². The number of hydrogen-bond acceptors (Lipinski definition) is 4. The lowest BCUT2D eigenvalue weighted by molar-refractivity contribution is -0.154. The van der Waals surface area contributed by atoms with Crippen molar-refractivity contribution >= 4 is 12.1 Å². The fourth-order valence-electron chi connectivity index (χ4n) is 5.58. The van der Waals surface area contributed by atoms with Crippen LogP contribution in [0.4, 0.5) is 4.79 Å². The molecule has 1 N–H and O–H groups in total. The van der Waals surface area contributed by atoms with E-state index in [1.165, 1.54) is 11.1 Å². The number of hydrogen-bond donors (Lipinski definition) is 1. The SMILES string of the molecule is COCC12CC(C(=O)O)(CN1C(=O)OCC1c3ccccc3-c3ccccc31)C2. The van der Waals surface area contributed by atoms with Gasteiger partial charge in [0.05, 0.1) is 17.6 Å². The second kappa shape index (κ2) is 6.32. The Kier molecular flexibility index (Phi) is 3.96. The van der Waals surface area contributed by atoms with E-state index in [0.29, 0.717) is 19.4 Å². The number of nitrogens with zero attached hydrogens (tertiary/aromatic N) is 1. The fourth-order valence-corrected chi connectivity index (χ4v) is 5.58. The molecule has 0 unspecified atom stereocenters. The molecule has 2 heterocycles. The van der Waals surface area contributed by atoms with Crippen LogP contribution in [-0.2, 0) is 14.3 Å². The number of amides is 1. The van der Waals surface area contributed by atoms with Gasteiger partial charge in [-0.2, -0.15) is 0 Å². The Hall–Kier alpha value is -2.86. The van der Waals surface area contributed by atoms with Gasteiger partial charge in [-0.25, -0.2) is 4.79 Å². The predicted octanol–water partition coefficient (Wildman–Crippen LogP) is 3.50. The molecule has 6 nitrogen and oxygen atoms in total. The minimum atomic E-state index is -0.857. The maximum atomic E-state index is 13.0. The maximum absolute atomic E-state index is 13.0. The molecule has 2 aromatic carbocycles. The van der Waals surface area contributed by atoms with Crippen molar-refractivity contribution in [2.45, 2.75) is 24.3 Å². The van der Waals surface area contributed by atoms with Crippen LogP contribution >= 0.6 is 0 Å². The Bertz CT molecular complexity index is 949. The predicted molar refractivity (Wildman–Crippen MR) is 106 cm³/mol. The molecule has 6 rings (SSSR count). The number of fused-ring (bicyclic) bond motifs is 4. The molecule has 2 aromatic rings. The van der Waals surface area contributed by atoms with E-state index in [1.807, 2.05) is 24.3 Å². The van der Waals surface area contributed by atoms with Gasteiger partial charge in [-0.15, -0.1) is 0 Å². The molecule has 1 amide bonds. The monoisotopic (exact) mass is 393 g/mol. The second-order valence-electron chi connectivity index (χ2n) is 8.49. The van der Waals surface area contributed by atoms with Crippen molar-refractivity contribution < 1.29 is 24.2 Å². The quantitative estimate of drug-likeness (QED) is 0.841. The van der Waals surface area contributed by atoms with Crippen LogP contribution in [0.2, 0.25) is 0 Å². The van der Waals surface area contributed by atoms with Crippen LogP contribution in [0.25, 0.3) is 11.1 Å². The number of carboxylic acids is 1. The number of benzene rings is 2. The number of carbonyl (C=O) groups excluding carboxylic acids is 1. The highest BCUT2D eigenvalue weighted by Gasteiger charge is 2.70. The third-order valence-electron chi connectivity index (χ3n) is 6.79. The molecule has 2 bridgehead atoms. The molecule has 4 aliphatic rings. The smallest absolute Gasteiger partial charge is 0.410 e. The van der Waals surface area contributed by atoms with E-state index in [0.717, 1.165) is 11.1 Å². The van der Waals surface area contributed by atoms with Crippen LogP contribution in [0.5, 0.6) is 0 Å². The van der Waals surface area contributed by atoms with Gasteiger partial charge in [-0.1, -0.05) is 48.5 Å². The zero-order valence-corrected chi connectivity index (χ0v) is 16.3. The molecule has 3 fully saturated rings. The number of methoxy groups -OCH3 is 1. The van der Waals surface area contributed by atoms with Gasteiger partial charge in [0.25, 0.3) is 0 Å². The molecular formula is C23H23NO5. The van der Waals surface area contributed by atoms with Crippen molar-refractivity contribution in [3.8, 4) is 11.1 Å². The lowest BCUT2D eigenvalue weighted by atomic mass is 9.62. The Labute approximate surface area is 169 Å². The number of aliphatic carboxylic acids is 1. The second-order valence-corrected chi connectivity index (χ2v) is 8.49. The molecule has 0 atom stereocenters. The minimum Gasteiger partial charge on any atom is -0.481 e. The highest BCUT2D eigenvalue weighted by Crippen LogP contribution is 2.59. The number of carbonyl (C=O) groups is 2. The summed E-state index contributed by atoms with van der Waals surface area (Å²) in [5.41, 5.74) is 3.24. The molecule has 1 saturated carbocycles. The van der Waals surface area contributed by atoms with E-state index in [4.69, 9.17) is 9.47 Å². The first-order chi connectivity index (χ1) is 14.0. The first kappa shape index (κ1) is 18.2. The van der Waals surface area contributed by atoms with Crippen molar-refractivity contribution in [3.05, 3.63) is 59.7 Å². The van der Waals surface area contributed by atoms with Crippen molar-refractivity contribution in [1.82, 2.24) is 4.90 Å². The normalized spacial score (nSPS) is 26.6. The molecular weight excluding hydrogens is 370 g/mol. The van der Waals surface area contributed by atoms with Crippen molar-refractivity contribution in [2.24, 2.45) is 5.41 Å². The van der Waals surface area contributed by atoms with Gasteiger partial charge < -0.3 is 14.6 Å². The summed E-state index contributed by atoms with van der Waals surface area (Å²) in [4.78, 5) is 26.2. The Morgan fingerprint density at radius 3 is 2.21 bits per heavy atom. The van der Waals surface area contributed by atoms with Crippen molar-refractivity contribution in [3.63, 3.8) is 0 Å². The number of carboxylic acid groups (broad SMARTS) is 1. The van der Waals surface area contributed by atoms with E-state index in [-0.39, 0.29) is 19.1 Å². The Morgan fingerprint density at radius 1 is 1.07 bits per heavy atom. The van der Waals surface area contributed by atoms with Crippen LogP contribution in [0.1, 0.15) is 29.9 Å². The van der Waals surface area contributed by atoms with Gasteiger partial charge in [-0.3, -0.25) is 9.69 Å². The molecule has 2 saturated heterocycles. The standard InChI is InChI=1S/C23H23NO5/c1-28-14-23-11-22(12-23,20(25)26)13-24(23)21(27)29-10-19-17-8-4-2-6-15(17)16-7-3-5-9-18(16)19/h2-9,19H,10-14H2,1H3,(H,25,26). The molecule has 0 spiro atoms. The van der Waals surface area contributed by atoms with E-state index >= 15 is 0 Å². The molecule has 0 aromatic heterocycles. The highest BCUT2D eigenvalue weighted by atomic mass is 16.6. The summed E-state index contributed by atoms with van der Waals surface area (Å²) in [6, 6.07) is 16.4. The molecule has 2 aliphatic heterocycles. The van der Waals surface area contributed by atoms with Crippen LogP contribution in [-0.4, -0.2) is 54.5 Å². The van der Waals surface area contributed by atoms with Crippen LogP contribution in [0.3, 0.4) is 0 Å². The molecule has 29 heavy (non-hydrogen) atoms. The van der Waals surface area contributed by atoms with Crippen molar-refractivity contribution in [1.29, 1.82) is 0 Å². The minimum absolute atomic E-state index is 0.0178. The Balaban J connectivity index is 1.36. The van der Waals surface area contributed by atoms with E-state index in [2.05, 4.69) is 24.3 Å². The average molecular weight is 393 g/mol. The van der Waals surface area contributed by atoms with Gasteiger partial charge >= 0.3 is 12.1 Å². The van der Waals surface area contributed by atoms with Gasteiger partial charge in [0, 0.05) is 19.6 Å². The van der Waals surface area contributed by atoms with Gasteiger partial charge in [0.2, 0.25) is 0 Å². The summed E-state index contributed by atoms with van der Waals surface area (Å²) in [6.07, 6.45) is 0.394. The molecule has 0 radical (unpaired) electrons. The third-order valence-corrected chi connectivity index (χ3v) is 6.79. The molecule has 2 aliphatic carbocycles. The summed E-state index contributed by atoms with van der Waals surface area (Å²) in [5, 5.41) is 9.59. The summed E-state index contributed by atoms with van der Waals surface area (Å²) in [6.45, 7) is 0.737. The fraction of sp³-hybridized carbons (Fsp3) is 0.391. The first-order valence-corrected chi connectivity index (χ1v) is 9.85. The van der Waals surface area contributed by atoms with E-state index in [9.17, 15) is 14.7 Å². The van der Waals surface area contributed by atoms with Crippen molar-refractivity contribution in [2.75, 3.05) is 26.9 Å². The zero-order chi connectivity index (χ0) is 20.2. The lowest BCUT2D eigenvalue weighted by Gasteiger charge is -2.44.